The molecule has 0 atom stereocenters. The van der Waals surface area contributed by atoms with Crippen LogP contribution in [0.2, 0.25) is 4.34 Å². The molecule has 90 valence electrons. The highest BCUT2D eigenvalue weighted by Gasteiger charge is 2.19. The number of methoxy groups -OCH3 is 1. The first-order valence-corrected chi connectivity index (χ1v) is 6.27. The smallest absolute Gasteiger partial charge is 0.340 e. The summed E-state index contributed by atoms with van der Waals surface area (Å²) in [6, 6.07) is 5.65. The van der Waals surface area contributed by atoms with Gasteiger partial charge in [0.1, 0.15) is 5.00 Å². The zero-order valence-corrected chi connectivity index (χ0v) is 11.4. The quantitative estimate of drug-likeness (QED) is 0.780. The van der Waals surface area contributed by atoms with E-state index in [-0.39, 0.29) is 5.97 Å². The van der Waals surface area contributed by atoms with Crippen LogP contribution in [0.15, 0.2) is 18.2 Å². The van der Waals surface area contributed by atoms with Crippen molar-refractivity contribution in [1.29, 1.82) is 0 Å². The van der Waals surface area contributed by atoms with Crippen molar-refractivity contribution in [2.45, 2.75) is 13.8 Å². The third kappa shape index (κ3) is 2.10. The number of thiophene rings is 1. The molecule has 0 saturated carbocycles. The lowest BCUT2D eigenvalue weighted by Gasteiger charge is -2.08. The van der Waals surface area contributed by atoms with Crippen molar-refractivity contribution in [1.82, 2.24) is 4.57 Å². The number of hydrogen-bond acceptors (Lipinski definition) is 3. The Labute approximate surface area is 109 Å². The lowest BCUT2D eigenvalue weighted by atomic mass is 10.3. The molecule has 0 aliphatic carbocycles. The molecule has 0 amide bonds. The summed E-state index contributed by atoms with van der Waals surface area (Å²) >= 11 is 7.36. The average molecular weight is 270 g/mol. The molecule has 0 bridgehead atoms. The summed E-state index contributed by atoms with van der Waals surface area (Å²) in [5, 5.41) is 0.807. The van der Waals surface area contributed by atoms with Crippen LogP contribution >= 0.6 is 22.9 Å². The van der Waals surface area contributed by atoms with Crippen molar-refractivity contribution in [3.05, 3.63) is 39.5 Å². The van der Waals surface area contributed by atoms with Crippen LogP contribution in [0.5, 0.6) is 0 Å². The van der Waals surface area contributed by atoms with Gasteiger partial charge in [-0.2, -0.15) is 0 Å². The number of carbonyl (C=O) groups is 1. The maximum atomic E-state index is 11.7. The second-order valence-corrected chi connectivity index (χ2v) is 5.37. The topological polar surface area (TPSA) is 31.2 Å². The molecule has 0 aromatic carbocycles. The summed E-state index contributed by atoms with van der Waals surface area (Å²) in [7, 11) is 1.37. The van der Waals surface area contributed by atoms with E-state index in [0.717, 1.165) is 16.4 Å². The molecule has 2 heterocycles. The van der Waals surface area contributed by atoms with E-state index in [0.29, 0.717) is 9.90 Å². The van der Waals surface area contributed by atoms with Gasteiger partial charge in [-0.1, -0.05) is 11.6 Å². The molecule has 0 unspecified atom stereocenters. The Hall–Kier alpha value is -1.26. The number of rotatable bonds is 2. The van der Waals surface area contributed by atoms with Gasteiger partial charge in [-0.15, -0.1) is 11.3 Å². The summed E-state index contributed by atoms with van der Waals surface area (Å²) in [6.45, 7) is 3.98. The number of aromatic nitrogens is 1. The zero-order valence-electron chi connectivity index (χ0n) is 9.78. The third-order valence-electron chi connectivity index (χ3n) is 2.56. The summed E-state index contributed by atoms with van der Waals surface area (Å²) in [6.07, 6.45) is 0. The Kier molecular flexibility index (Phi) is 3.26. The number of carbonyl (C=O) groups excluding carboxylic acids is 1. The molecule has 17 heavy (non-hydrogen) atoms. The summed E-state index contributed by atoms with van der Waals surface area (Å²) in [5.74, 6) is -0.365. The van der Waals surface area contributed by atoms with Gasteiger partial charge < -0.3 is 9.30 Å². The highest BCUT2D eigenvalue weighted by atomic mass is 35.5. The molecular formula is C12H12ClNO2S. The van der Waals surface area contributed by atoms with Crippen molar-refractivity contribution in [3.63, 3.8) is 0 Å². The summed E-state index contributed by atoms with van der Waals surface area (Å²) < 4.78 is 7.34. The van der Waals surface area contributed by atoms with Gasteiger partial charge in [-0.25, -0.2) is 4.79 Å². The van der Waals surface area contributed by atoms with Crippen LogP contribution in [0.25, 0.3) is 5.00 Å². The van der Waals surface area contributed by atoms with Gasteiger partial charge in [-0.05, 0) is 32.0 Å². The van der Waals surface area contributed by atoms with Crippen LogP contribution in [0.3, 0.4) is 0 Å². The van der Waals surface area contributed by atoms with E-state index >= 15 is 0 Å². The van der Waals surface area contributed by atoms with Crippen LogP contribution in [0.1, 0.15) is 21.7 Å². The Morgan fingerprint density at radius 2 is 1.94 bits per heavy atom. The van der Waals surface area contributed by atoms with E-state index in [4.69, 9.17) is 16.3 Å². The molecule has 0 aliphatic rings. The molecule has 2 aromatic heterocycles. The van der Waals surface area contributed by atoms with Gasteiger partial charge in [0.25, 0.3) is 0 Å². The zero-order chi connectivity index (χ0) is 12.6. The van der Waals surface area contributed by atoms with Crippen molar-refractivity contribution < 1.29 is 9.53 Å². The van der Waals surface area contributed by atoms with Crippen molar-refractivity contribution in [2.24, 2.45) is 0 Å². The van der Waals surface area contributed by atoms with Crippen LogP contribution in [0, 0.1) is 13.8 Å². The standard InChI is InChI=1S/C12H12ClNO2S/c1-7-4-5-8(2)14(7)11-9(12(15)16-3)6-10(13)17-11/h4-6H,1-3H3. The summed E-state index contributed by atoms with van der Waals surface area (Å²) in [4.78, 5) is 11.7. The molecule has 2 aromatic rings. The lowest BCUT2D eigenvalue weighted by Crippen LogP contribution is -2.06. The van der Waals surface area contributed by atoms with E-state index in [1.807, 2.05) is 30.5 Å². The Morgan fingerprint density at radius 3 is 2.47 bits per heavy atom. The first kappa shape index (κ1) is 12.2. The minimum Gasteiger partial charge on any atom is -0.465 e. The van der Waals surface area contributed by atoms with Crippen LogP contribution < -0.4 is 0 Å². The number of nitrogens with zero attached hydrogens (tertiary/aromatic N) is 1. The first-order chi connectivity index (χ1) is 8.04. The van der Waals surface area contributed by atoms with Gasteiger partial charge in [0, 0.05) is 11.4 Å². The molecule has 2 rings (SSSR count). The number of esters is 1. The fraction of sp³-hybridized carbons (Fsp3) is 0.250. The molecule has 0 fully saturated rings. The number of ether oxygens (including phenoxy) is 1. The first-order valence-electron chi connectivity index (χ1n) is 5.07. The molecule has 3 nitrogen and oxygen atoms in total. The van der Waals surface area contributed by atoms with Gasteiger partial charge in [0.05, 0.1) is 17.0 Å². The average Bonchev–Trinajstić information content (AvgIpc) is 2.81. The predicted molar refractivity (Wildman–Crippen MR) is 69.5 cm³/mol. The Bertz CT molecular complexity index is 552. The molecule has 0 spiro atoms. The van der Waals surface area contributed by atoms with E-state index in [1.165, 1.54) is 18.4 Å². The summed E-state index contributed by atoms with van der Waals surface area (Å²) in [5.41, 5.74) is 2.63. The van der Waals surface area contributed by atoms with E-state index in [1.54, 1.807) is 6.07 Å². The van der Waals surface area contributed by atoms with E-state index < -0.39 is 0 Å². The second-order valence-electron chi connectivity index (χ2n) is 3.71. The van der Waals surface area contributed by atoms with E-state index in [2.05, 4.69) is 0 Å². The maximum Gasteiger partial charge on any atom is 0.340 e. The van der Waals surface area contributed by atoms with Gasteiger partial charge in [0.2, 0.25) is 0 Å². The maximum absolute atomic E-state index is 11.7. The van der Waals surface area contributed by atoms with Gasteiger partial charge in [-0.3, -0.25) is 0 Å². The molecule has 5 heteroatoms. The highest BCUT2D eigenvalue weighted by molar-refractivity contribution is 7.18. The highest BCUT2D eigenvalue weighted by Crippen LogP contribution is 2.32. The van der Waals surface area contributed by atoms with Gasteiger partial charge >= 0.3 is 5.97 Å². The Balaban J connectivity index is 2.63. The molecule has 0 radical (unpaired) electrons. The van der Waals surface area contributed by atoms with Crippen molar-refractivity contribution in [3.8, 4) is 5.00 Å². The van der Waals surface area contributed by atoms with Crippen molar-refractivity contribution >= 4 is 28.9 Å². The van der Waals surface area contributed by atoms with Crippen molar-refractivity contribution in [2.75, 3.05) is 7.11 Å². The number of hydrogen-bond donors (Lipinski definition) is 0. The fourth-order valence-electron chi connectivity index (χ4n) is 1.76. The predicted octanol–water partition coefficient (Wildman–Crippen LogP) is 3.60. The van der Waals surface area contributed by atoms with Crippen LogP contribution in [0.4, 0.5) is 0 Å². The molecule has 0 saturated heterocycles. The number of aryl methyl sites for hydroxylation is 2. The largest absolute Gasteiger partial charge is 0.465 e. The van der Waals surface area contributed by atoms with Crippen LogP contribution in [-0.2, 0) is 4.74 Å². The van der Waals surface area contributed by atoms with Crippen LogP contribution in [-0.4, -0.2) is 17.6 Å². The fourth-order valence-corrected chi connectivity index (χ4v) is 3.08. The monoisotopic (exact) mass is 269 g/mol. The SMILES string of the molecule is COC(=O)c1cc(Cl)sc1-n1c(C)ccc1C. The molecule has 0 N–H and O–H groups in total. The normalized spacial score (nSPS) is 10.6. The third-order valence-corrected chi connectivity index (χ3v) is 3.81. The minimum absolute atomic E-state index is 0.365. The van der Waals surface area contributed by atoms with E-state index in [9.17, 15) is 4.79 Å². The Morgan fingerprint density at radius 1 is 1.35 bits per heavy atom. The van der Waals surface area contributed by atoms with Gasteiger partial charge in [0.15, 0.2) is 0 Å². The molecule has 0 aliphatic heterocycles. The lowest BCUT2D eigenvalue weighted by molar-refractivity contribution is 0.0601. The number of halogens is 1. The molecular weight excluding hydrogens is 258 g/mol. The minimum atomic E-state index is -0.365. The second kappa shape index (κ2) is 4.55.